The lowest BCUT2D eigenvalue weighted by Crippen LogP contribution is -2.31. The highest BCUT2D eigenvalue weighted by Crippen LogP contribution is 2.06. The number of carbonyl (C=O) groups excluding carboxylic acids is 1. The number of carbonyl (C=O) groups is 1. The van der Waals surface area contributed by atoms with Crippen LogP contribution in [0, 0.1) is 5.82 Å². The van der Waals surface area contributed by atoms with E-state index in [2.05, 4.69) is 17.4 Å². The van der Waals surface area contributed by atoms with Gasteiger partial charge in [-0.15, -0.1) is 0 Å². The minimum absolute atomic E-state index is 0.0878. The second kappa shape index (κ2) is 8.13. The summed E-state index contributed by atoms with van der Waals surface area (Å²) in [6.45, 7) is 1.98. The lowest BCUT2D eigenvalue weighted by Gasteiger charge is -2.12. The van der Waals surface area contributed by atoms with Gasteiger partial charge in [0, 0.05) is 12.1 Å². The Morgan fingerprint density at radius 1 is 1.18 bits per heavy atom. The number of nitrogens with one attached hydrogen (secondary N) is 1. The van der Waals surface area contributed by atoms with Crippen molar-refractivity contribution < 1.29 is 9.18 Å². The molecule has 0 fully saturated rings. The zero-order chi connectivity index (χ0) is 15.8. The van der Waals surface area contributed by atoms with Crippen LogP contribution in [-0.4, -0.2) is 11.9 Å². The molecule has 0 saturated carbocycles. The molecule has 2 rings (SSSR count). The molecule has 22 heavy (non-hydrogen) atoms. The molecule has 3 heteroatoms. The molecule has 0 aliphatic heterocycles. The van der Waals surface area contributed by atoms with E-state index in [1.54, 1.807) is 18.2 Å². The molecule has 1 N–H and O–H groups in total. The summed E-state index contributed by atoms with van der Waals surface area (Å²) in [5, 5.41) is 2.92. The molecular weight excluding hydrogens is 277 g/mol. The molecule has 0 heterocycles. The predicted octanol–water partition coefficient (Wildman–Crippen LogP) is 3.98. The van der Waals surface area contributed by atoms with E-state index >= 15 is 0 Å². The van der Waals surface area contributed by atoms with Crippen LogP contribution in [0.1, 0.15) is 24.5 Å². The summed E-state index contributed by atoms with van der Waals surface area (Å²) in [5.74, 6) is -0.469. The van der Waals surface area contributed by atoms with Crippen LogP contribution in [0.4, 0.5) is 4.39 Å². The van der Waals surface area contributed by atoms with Gasteiger partial charge in [0.15, 0.2) is 0 Å². The minimum atomic E-state index is -0.307. The fourth-order valence-electron chi connectivity index (χ4n) is 2.17. The Morgan fingerprint density at radius 3 is 2.68 bits per heavy atom. The van der Waals surface area contributed by atoms with Gasteiger partial charge in [-0.25, -0.2) is 4.39 Å². The molecule has 0 aliphatic carbocycles. The number of aryl methyl sites for hydroxylation is 1. The van der Waals surface area contributed by atoms with Crippen molar-refractivity contribution in [1.82, 2.24) is 5.32 Å². The summed E-state index contributed by atoms with van der Waals surface area (Å²) >= 11 is 0. The smallest absolute Gasteiger partial charge is 0.244 e. The van der Waals surface area contributed by atoms with E-state index in [0.717, 1.165) is 12.8 Å². The van der Waals surface area contributed by atoms with Crippen molar-refractivity contribution in [2.24, 2.45) is 0 Å². The molecule has 1 atom stereocenters. The first-order chi connectivity index (χ1) is 10.6. The Balaban J connectivity index is 1.78. The van der Waals surface area contributed by atoms with Crippen LogP contribution in [-0.2, 0) is 11.2 Å². The summed E-state index contributed by atoms with van der Waals surface area (Å²) < 4.78 is 13.0. The highest BCUT2D eigenvalue weighted by atomic mass is 19.1. The van der Waals surface area contributed by atoms with Gasteiger partial charge in [-0.3, -0.25) is 4.79 Å². The fourth-order valence-corrected chi connectivity index (χ4v) is 2.17. The third-order valence-corrected chi connectivity index (χ3v) is 3.37. The number of benzene rings is 2. The van der Waals surface area contributed by atoms with Crippen molar-refractivity contribution in [3.63, 3.8) is 0 Å². The van der Waals surface area contributed by atoms with E-state index in [9.17, 15) is 9.18 Å². The second-order valence-electron chi connectivity index (χ2n) is 5.32. The van der Waals surface area contributed by atoms with Crippen LogP contribution in [0.5, 0.6) is 0 Å². The summed E-state index contributed by atoms with van der Waals surface area (Å²) in [4.78, 5) is 11.8. The third kappa shape index (κ3) is 5.52. The highest BCUT2D eigenvalue weighted by molar-refractivity contribution is 5.91. The summed E-state index contributed by atoms with van der Waals surface area (Å²) in [7, 11) is 0. The van der Waals surface area contributed by atoms with Crippen molar-refractivity contribution >= 4 is 12.0 Å². The van der Waals surface area contributed by atoms with Gasteiger partial charge in [0.25, 0.3) is 0 Å². The lowest BCUT2D eigenvalue weighted by atomic mass is 10.1. The molecule has 0 unspecified atom stereocenters. The molecule has 0 radical (unpaired) electrons. The van der Waals surface area contributed by atoms with Gasteiger partial charge >= 0.3 is 0 Å². The second-order valence-corrected chi connectivity index (χ2v) is 5.32. The Kier molecular flexibility index (Phi) is 5.90. The number of halogens is 1. The maximum Gasteiger partial charge on any atom is 0.244 e. The average molecular weight is 297 g/mol. The first kappa shape index (κ1) is 16.0. The van der Waals surface area contributed by atoms with Crippen LogP contribution in [0.3, 0.4) is 0 Å². The molecule has 114 valence electrons. The van der Waals surface area contributed by atoms with Crippen LogP contribution < -0.4 is 5.32 Å². The van der Waals surface area contributed by atoms with E-state index in [1.165, 1.54) is 23.8 Å². The van der Waals surface area contributed by atoms with Crippen molar-refractivity contribution in [2.75, 3.05) is 0 Å². The van der Waals surface area contributed by atoms with E-state index in [4.69, 9.17) is 0 Å². The fraction of sp³-hybridized carbons (Fsp3) is 0.211. The number of amides is 1. The van der Waals surface area contributed by atoms with E-state index < -0.39 is 0 Å². The number of rotatable bonds is 6. The van der Waals surface area contributed by atoms with Gasteiger partial charge in [0.2, 0.25) is 5.91 Å². The third-order valence-electron chi connectivity index (χ3n) is 3.37. The number of hydrogen-bond acceptors (Lipinski definition) is 1. The van der Waals surface area contributed by atoms with Crippen molar-refractivity contribution in [3.05, 3.63) is 77.6 Å². The van der Waals surface area contributed by atoms with E-state index in [1.807, 2.05) is 25.1 Å². The Hall–Kier alpha value is -2.42. The van der Waals surface area contributed by atoms with Crippen molar-refractivity contribution in [2.45, 2.75) is 25.8 Å². The Labute approximate surface area is 130 Å². The van der Waals surface area contributed by atoms with Gasteiger partial charge in [-0.1, -0.05) is 42.5 Å². The molecule has 0 aliphatic rings. The average Bonchev–Trinajstić information content (AvgIpc) is 2.52. The van der Waals surface area contributed by atoms with Gasteiger partial charge in [0.1, 0.15) is 5.82 Å². The molecular formula is C19H20FNO. The summed E-state index contributed by atoms with van der Waals surface area (Å²) in [5.41, 5.74) is 1.94. The van der Waals surface area contributed by atoms with Crippen LogP contribution in [0.15, 0.2) is 60.7 Å². The molecule has 0 spiro atoms. The molecule has 2 aromatic carbocycles. The number of hydrogen-bond donors (Lipinski definition) is 1. The van der Waals surface area contributed by atoms with Gasteiger partial charge in [0.05, 0.1) is 0 Å². The minimum Gasteiger partial charge on any atom is -0.350 e. The van der Waals surface area contributed by atoms with Crippen LogP contribution in [0.25, 0.3) is 6.08 Å². The van der Waals surface area contributed by atoms with Crippen molar-refractivity contribution in [1.29, 1.82) is 0 Å². The van der Waals surface area contributed by atoms with Gasteiger partial charge < -0.3 is 5.32 Å². The Bertz CT molecular complexity index is 637. The first-order valence-electron chi connectivity index (χ1n) is 7.41. The van der Waals surface area contributed by atoms with Gasteiger partial charge in [-0.05, 0) is 49.1 Å². The molecule has 1 amide bonds. The van der Waals surface area contributed by atoms with Crippen LogP contribution in [0.2, 0.25) is 0 Å². The standard InChI is InChI=1S/C19H20FNO/c1-15(10-11-16-6-3-2-4-7-16)21-19(22)13-12-17-8-5-9-18(20)14-17/h2-9,12-15H,10-11H2,1H3,(H,21,22)/b13-12+/t15-/m0/s1. The monoisotopic (exact) mass is 297 g/mol. The van der Waals surface area contributed by atoms with E-state index in [-0.39, 0.29) is 17.8 Å². The zero-order valence-electron chi connectivity index (χ0n) is 12.6. The SMILES string of the molecule is C[C@@H](CCc1ccccc1)NC(=O)/C=C/c1cccc(F)c1. The molecule has 2 nitrogen and oxygen atoms in total. The lowest BCUT2D eigenvalue weighted by molar-refractivity contribution is -0.117. The van der Waals surface area contributed by atoms with Crippen molar-refractivity contribution in [3.8, 4) is 0 Å². The summed E-state index contributed by atoms with van der Waals surface area (Å²) in [6.07, 6.45) is 4.86. The first-order valence-corrected chi connectivity index (χ1v) is 7.41. The molecule has 0 aromatic heterocycles. The molecule has 0 saturated heterocycles. The van der Waals surface area contributed by atoms with Gasteiger partial charge in [-0.2, -0.15) is 0 Å². The predicted molar refractivity (Wildman–Crippen MR) is 87.8 cm³/mol. The van der Waals surface area contributed by atoms with Crippen LogP contribution >= 0.6 is 0 Å². The zero-order valence-corrected chi connectivity index (χ0v) is 12.6. The quantitative estimate of drug-likeness (QED) is 0.803. The van der Waals surface area contributed by atoms with E-state index in [0.29, 0.717) is 5.56 Å². The topological polar surface area (TPSA) is 29.1 Å². The maximum absolute atomic E-state index is 13.0. The molecule has 0 bridgehead atoms. The Morgan fingerprint density at radius 2 is 1.95 bits per heavy atom. The highest BCUT2D eigenvalue weighted by Gasteiger charge is 2.05. The maximum atomic E-state index is 13.0. The largest absolute Gasteiger partial charge is 0.350 e. The molecule has 2 aromatic rings. The summed E-state index contributed by atoms with van der Waals surface area (Å²) in [6, 6.07) is 16.4. The normalized spacial score (nSPS) is 12.3.